The molecule has 8 heteroatoms. The van der Waals surface area contributed by atoms with Crippen LogP contribution in [-0.2, 0) is 22.4 Å². The average Bonchev–Trinajstić information content (AvgIpc) is 3.35. The maximum absolute atomic E-state index is 13.3. The van der Waals surface area contributed by atoms with Crippen molar-refractivity contribution in [3.05, 3.63) is 102 Å². The Bertz CT molecular complexity index is 1040. The van der Waals surface area contributed by atoms with Crippen molar-refractivity contribution in [2.75, 3.05) is 6.54 Å². The van der Waals surface area contributed by atoms with Gasteiger partial charge in [0.1, 0.15) is 6.17 Å². The lowest BCUT2D eigenvalue weighted by molar-refractivity contribution is -0.141. The van der Waals surface area contributed by atoms with Crippen LogP contribution in [0.15, 0.2) is 85.1 Å². The van der Waals surface area contributed by atoms with Gasteiger partial charge in [-0.3, -0.25) is 14.6 Å². The summed E-state index contributed by atoms with van der Waals surface area (Å²) in [6, 6.07) is 24.6. The third-order valence-electron chi connectivity index (χ3n) is 6.26. The number of nitrogens with zero attached hydrogens (tertiary/aromatic N) is 3. The van der Waals surface area contributed by atoms with E-state index < -0.39 is 6.04 Å². The van der Waals surface area contributed by atoms with Gasteiger partial charge >= 0.3 is 0 Å². The van der Waals surface area contributed by atoms with E-state index in [4.69, 9.17) is 5.73 Å². The number of nitrogens with two attached hydrogens (primary N) is 1. The van der Waals surface area contributed by atoms with Crippen LogP contribution in [-0.4, -0.2) is 45.9 Å². The summed E-state index contributed by atoms with van der Waals surface area (Å²) in [5.41, 5.74) is 9.28. The van der Waals surface area contributed by atoms with E-state index in [1.54, 1.807) is 16.0 Å². The molecule has 0 aliphatic carbocycles. The molecule has 0 saturated carbocycles. The van der Waals surface area contributed by atoms with Crippen molar-refractivity contribution < 1.29 is 9.59 Å². The maximum Gasteiger partial charge on any atom is 0.241 e. The summed E-state index contributed by atoms with van der Waals surface area (Å²) in [7, 11) is 0. The zero-order valence-corrected chi connectivity index (χ0v) is 21.1. The number of halogens is 2. The van der Waals surface area contributed by atoms with Crippen molar-refractivity contribution in [1.29, 1.82) is 0 Å². The van der Waals surface area contributed by atoms with E-state index in [9.17, 15) is 9.59 Å². The van der Waals surface area contributed by atoms with Gasteiger partial charge in [-0.1, -0.05) is 66.7 Å². The Hall–Kier alpha value is -2.93. The SMILES string of the molecule is Cl.Cl.N[C@@H](Cc1ccccc1)C(=O)N1CCC[C@H]1N(C=O)[C@@H](Cc1ccccn1)c1ccccc1. The van der Waals surface area contributed by atoms with Crippen molar-refractivity contribution in [3.63, 3.8) is 0 Å². The third kappa shape index (κ3) is 7.04. The molecule has 2 heterocycles. The van der Waals surface area contributed by atoms with Crippen LogP contribution in [0.1, 0.15) is 35.7 Å². The van der Waals surface area contributed by atoms with E-state index in [1.807, 2.05) is 78.9 Å². The summed E-state index contributed by atoms with van der Waals surface area (Å²) in [5.74, 6) is -0.113. The average molecular weight is 515 g/mol. The second-order valence-electron chi connectivity index (χ2n) is 8.45. The van der Waals surface area contributed by atoms with Crippen molar-refractivity contribution in [2.45, 2.75) is 43.9 Å². The summed E-state index contributed by atoms with van der Waals surface area (Å²) >= 11 is 0. The zero-order chi connectivity index (χ0) is 23.0. The summed E-state index contributed by atoms with van der Waals surface area (Å²) in [6.45, 7) is 0.599. The first kappa shape index (κ1) is 28.3. The number of pyridine rings is 1. The molecule has 6 nitrogen and oxygen atoms in total. The Labute approximate surface area is 219 Å². The Kier molecular flexibility index (Phi) is 11.2. The Balaban J connectivity index is 0.00000216. The number of hydrogen-bond donors (Lipinski definition) is 1. The molecule has 35 heavy (non-hydrogen) atoms. The topological polar surface area (TPSA) is 79.5 Å². The molecule has 186 valence electrons. The molecule has 1 aliphatic rings. The van der Waals surface area contributed by atoms with Gasteiger partial charge in [0.05, 0.1) is 12.1 Å². The van der Waals surface area contributed by atoms with E-state index in [0.717, 1.165) is 36.1 Å². The highest BCUT2D eigenvalue weighted by molar-refractivity contribution is 5.85. The fourth-order valence-corrected chi connectivity index (χ4v) is 4.62. The number of hydrogen-bond acceptors (Lipinski definition) is 4. The number of aromatic nitrogens is 1. The second-order valence-corrected chi connectivity index (χ2v) is 8.45. The van der Waals surface area contributed by atoms with Gasteiger partial charge in [-0.25, -0.2) is 0 Å². The molecular formula is C27H32Cl2N4O2. The van der Waals surface area contributed by atoms with Gasteiger partial charge in [-0.05, 0) is 42.5 Å². The van der Waals surface area contributed by atoms with Crippen molar-refractivity contribution in [1.82, 2.24) is 14.8 Å². The smallest absolute Gasteiger partial charge is 0.241 e. The standard InChI is InChI=1S/C27H30N4O2.2ClH/c28-24(18-21-10-3-1-4-11-21)27(33)30-17-9-15-26(30)31(20-32)25(22-12-5-2-6-13-22)19-23-14-7-8-16-29-23;;/h1-8,10-14,16,20,24-26H,9,15,17-19,28H2;2*1H/t24-,25-,26+;;/m0../s1. The van der Waals surface area contributed by atoms with Crippen LogP contribution < -0.4 is 5.73 Å². The van der Waals surface area contributed by atoms with Crippen molar-refractivity contribution >= 4 is 37.1 Å². The molecule has 1 saturated heterocycles. The molecule has 0 bridgehead atoms. The van der Waals surface area contributed by atoms with Gasteiger partial charge in [-0.15, -0.1) is 24.8 Å². The minimum absolute atomic E-state index is 0. The van der Waals surface area contributed by atoms with E-state index in [-0.39, 0.29) is 42.9 Å². The number of likely N-dealkylation sites (tertiary alicyclic amines) is 1. The predicted molar refractivity (Wildman–Crippen MR) is 142 cm³/mol. The maximum atomic E-state index is 13.3. The van der Waals surface area contributed by atoms with Gasteiger partial charge in [0.25, 0.3) is 0 Å². The van der Waals surface area contributed by atoms with Gasteiger partial charge in [-0.2, -0.15) is 0 Å². The van der Waals surface area contributed by atoms with E-state index in [0.29, 0.717) is 19.4 Å². The van der Waals surface area contributed by atoms with Crippen LogP contribution in [0.5, 0.6) is 0 Å². The lowest BCUT2D eigenvalue weighted by Gasteiger charge is -2.39. The Morgan fingerprint density at radius 3 is 2.29 bits per heavy atom. The van der Waals surface area contributed by atoms with Crippen LogP contribution in [0.3, 0.4) is 0 Å². The molecule has 2 amide bonds. The van der Waals surface area contributed by atoms with Crippen molar-refractivity contribution in [2.24, 2.45) is 5.73 Å². The zero-order valence-electron chi connectivity index (χ0n) is 19.5. The highest BCUT2D eigenvalue weighted by Crippen LogP contribution is 2.31. The molecule has 3 aromatic rings. The molecule has 1 aromatic heterocycles. The quantitative estimate of drug-likeness (QED) is 0.434. The number of rotatable bonds is 9. The van der Waals surface area contributed by atoms with Gasteiger partial charge in [0.2, 0.25) is 12.3 Å². The Morgan fingerprint density at radius 2 is 1.66 bits per heavy atom. The van der Waals surface area contributed by atoms with Crippen molar-refractivity contribution in [3.8, 4) is 0 Å². The summed E-state index contributed by atoms with van der Waals surface area (Å²) < 4.78 is 0. The molecule has 3 atom stereocenters. The van der Waals surface area contributed by atoms with Gasteiger partial charge in [0, 0.05) is 24.9 Å². The van der Waals surface area contributed by atoms with Crippen LogP contribution in [0.25, 0.3) is 0 Å². The molecule has 0 unspecified atom stereocenters. The molecule has 4 rings (SSSR count). The molecule has 0 spiro atoms. The van der Waals surface area contributed by atoms with Crippen LogP contribution in [0.4, 0.5) is 0 Å². The molecule has 1 aliphatic heterocycles. The lowest BCUT2D eigenvalue weighted by atomic mass is 9.99. The molecule has 2 N–H and O–H groups in total. The molecular weight excluding hydrogens is 483 g/mol. The van der Waals surface area contributed by atoms with Crippen LogP contribution in [0.2, 0.25) is 0 Å². The highest BCUT2D eigenvalue weighted by atomic mass is 35.5. The lowest BCUT2D eigenvalue weighted by Crippen LogP contribution is -2.53. The number of carbonyl (C=O) groups is 2. The van der Waals surface area contributed by atoms with Gasteiger partial charge < -0.3 is 15.5 Å². The van der Waals surface area contributed by atoms with Crippen LogP contribution in [0, 0.1) is 0 Å². The predicted octanol–water partition coefficient (Wildman–Crippen LogP) is 4.19. The highest BCUT2D eigenvalue weighted by Gasteiger charge is 2.38. The summed E-state index contributed by atoms with van der Waals surface area (Å²) in [5, 5.41) is 0. The molecule has 0 radical (unpaired) electrons. The minimum Gasteiger partial charge on any atom is -0.321 e. The number of carbonyl (C=O) groups excluding carboxylic acids is 2. The minimum atomic E-state index is -0.646. The van der Waals surface area contributed by atoms with E-state index >= 15 is 0 Å². The summed E-state index contributed by atoms with van der Waals surface area (Å²) in [4.78, 5) is 33.8. The molecule has 2 aromatic carbocycles. The largest absolute Gasteiger partial charge is 0.321 e. The fourth-order valence-electron chi connectivity index (χ4n) is 4.62. The number of benzene rings is 2. The second kappa shape index (κ2) is 13.8. The van der Waals surface area contributed by atoms with E-state index in [1.165, 1.54) is 0 Å². The van der Waals surface area contributed by atoms with E-state index in [2.05, 4.69) is 4.98 Å². The first-order valence-electron chi connectivity index (χ1n) is 11.4. The third-order valence-corrected chi connectivity index (χ3v) is 6.26. The fraction of sp³-hybridized carbons (Fsp3) is 0.296. The number of amides is 2. The monoisotopic (exact) mass is 514 g/mol. The normalized spacial score (nSPS) is 16.4. The Morgan fingerprint density at radius 1 is 1.00 bits per heavy atom. The first-order chi connectivity index (χ1) is 16.2. The van der Waals surface area contributed by atoms with Crippen LogP contribution >= 0.6 is 24.8 Å². The first-order valence-corrected chi connectivity index (χ1v) is 11.4. The van der Waals surface area contributed by atoms with Gasteiger partial charge in [0.15, 0.2) is 0 Å². The summed E-state index contributed by atoms with van der Waals surface area (Å²) in [6.07, 6.45) is 4.91. The molecule has 1 fully saturated rings.